The van der Waals surface area contributed by atoms with Crippen LogP contribution >= 0.6 is 12.2 Å². The van der Waals surface area contributed by atoms with Crippen LogP contribution in [0, 0.1) is 6.92 Å². The van der Waals surface area contributed by atoms with Gasteiger partial charge in [-0.2, -0.15) is 9.97 Å². The zero-order valence-electron chi connectivity index (χ0n) is 19.5. The van der Waals surface area contributed by atoms with Crippen molar-refractivity contribution in [3.8, 4) is 6.01 Å². The number of piperidine rings is 1. The maximum absolute atomic E-state index is 5.99. The predicted octanol–water partition coefficient (Wildman–Crippen LogP) is 3.68. The minimum Gasteiger partial charge on any atom is -0.462 e. The fourth-order valence-electron chi connectivity index (χ4n) is 4.10. The second-order valence-electron chi connectivity index (χ2n) is 8.72. The van der Waals surface area contributed by atoms with Crippen LogP contribution in [0.15, 0.2) is 30.3 Å². The predicted molar refractivity (Wildman–Crippen MR) is 136 cm³/mol. The van der Waals surface area contributed by atoms with E-state index in [4.69, 9.17) is 26.7 Å². The van der Waals surface area contributed by atoms with Crippen molar-refractivity contribution in [2.24, 2.45) is 0 Å². The number of nitrogens with one attached hydrogen (secondary N) is 2. The zero-order valence-corrected chi connectivity index (χ0v) is 20.4. The molecule has 0 saturated carbocycles. The second kappa shape index (κ2) is 11.6. The van der Waals surface area contributed by atoms with E-state index in [1.165, 1.54) is 24.8 Å². The third-order valence-electron chi connectivity index (χ3n) is 5.89. The molecule has 0 radical (unpaired) electrons. The van der Waals surface area contributed by atoms with E-state index >= 15 is 0 Å². The highest BCUT2D eigenvalue weighted by Gasteiger charge is 2.18. The summed E-state index contributed by atoms with van der Waals surface area (Å²) >= 11 is 5.52. The summed E-state index contributed by atoms with van der Waals surface area (Å²) in [7, 11) is 0. The van der Waals surface area contributed by atoms with E-state index in [1.54, 1.807) is 0 Å². The van der Waals surface area contributed by atoms with E-state index in [2.05, 4.69) is 39.3 Å². The topological polar surface area (TPSA) is 74.8 Å². The molecule has 0 amide bonds. The number of benzene rings is 1. The lowest BCUT2D eigenvalue weighted by atomic mass is 10.1. The van der Waals surface area contributed by atoms with Gasteiger partial charge in [0.15, 0.2) is 5.11 Å². The number of aromatic nitrogens is 2. The lowest BCUT2D eigenvalue weighted by Crippen LogP contribution is -2.42. The lowest BCUT2D eigenvalue weighted by molar-refractivity contribution is -0.0216. The molecule has 9 heteroatoms. The fourth-order valence-corrected chi connectivity index (χ4v) is 4.32. The van der Waals surface area contributed by atoms with Gasteiger partial charge in [-0.25, -0.2) is 0 Å². The van der Waals surface area contributed by atoms with Gasteiger partial charge in [0.05, 0.1) is 12.7 Å². The molecular formula is C24H34N6O2S. The molecule has 1 aromatic carbocycles. The highest BCUT2D eigenvalue weighted by molar-refractivity contribution is 7.80. The summed E-state index contributed by atoms with van der Waals surface area (Å²) in [4.78, 5) is 13.9. The summed E-state index contributed by atoms with van der Waals surface area (Å²) in [6.07, 6.45) is 3.87. The van der Waals surface area contributed by atoms with Crippen molar-refractivity contribution in [3.05, 3.63) is 35.9 Å². The Labute approximate surface area is 201 Å². The number of anilines is 3. The highest BCUT2D eigenvalue weighted by atomic mass is 32.1. The quantitative estimate of drug-likeness (QED) is 0.589. The third-order valence-corrected chi connectivity index (χ3v) is 6.09. The van der Waals surface area contributed by atoms with Crippen LogP contribution in [0.4, 0.5) is 17.3 Å². The van der Waals surface area contributed by atoms with Crippen LogP contribution in [-0.4, -0.2) is 72.0 Å². The molecule has 178 valence electrons. The average molecular weight is 471 g/mol. The normalized spacial score (nSPS) is 19.2. The molecule has 2 saturated heterocycles. The Bertz CT molecular complexity index is 920. The van der Waals surface area contributed by atoms with E-state index in [9.17, 15) is 0 Å². The molecule has 0 aliphatic carbocycles. The molecule has 2 aliphatic rings. The van der Waals surface area contributed by atoms with Crippen molar-refractivity contribution in [3.63, 3.8) is 0 Å². The van der Waals surface area contributed by atoms with E-state index in [1.807, 2.05) is 30.3 Å². The van der Waals surface area contributed by atoms with Crippen molar-refractivity contribution < 1.29 is 9.47 Å². The number of rotatable bonds is 7. The molecule has 1 aromatic heterocycles. The first-order valence-corrected chi connectivity index (χ1v) is 12.2. The number of thiocarbonyl (C=S) groups is 1. The number of hydrogen-bond acceptors (Lipinski definition) is 7. The van der Waals surface area contributed by atoms with Crippen LogP contribution in [0.3, 0.4) is 0 Å². The van der Waals surface area contributed by atoms with Gasteiger partial charge in [-0.15, -0.1) is 0 Å². The number of hydrogen-bond donors (Lipinski definition) is 2. The van der Waals surface area contributed by atoms with Gasteiger partial charge in [0.2, 0.25) is 0 Å². The molecule has 2 fully saturated rings. The minimum atomic E-state index is 0.260. The Hall–Kier alpha value is -2.49. The van der Waals surface area contributed by atoms with Crippen LogP contribution in [0.5, 0.6) is 6.01 Å². The van der Waals surface area contributed by atoms with E-state index in [0.717, 1.165) is 50.8 Å². The summed E-state index contributed by atoms with van der Waals surface area (Å²) in [5, 5.41) is 6.90. The van der Waals surface area contributed by atoms with Crippen LogP contribution in [0.25, 0.3) is 0 Å². The van der Waals surface area contributed by atoms with Crippen molar-refractivity contribution >= 4 is 34.7 Å². The Morgan fingerprint density at radius 3 is 2.67 bits per heavy atom. The Kier molecular flexibility index (Phi) is 8.30. The number of nitrogens with zero attached hydrogens (tertiary/aromatic N) is 4. The van der Waals surface area contributed by atoms with Crippen LogP contribution < -0.4 is 20.3 Å². The summed E-state index contributed by atoms with van der Waals surface area (Å²) in [5.74, 6) is 1.51. The molecule has 2 aliphatic heterocycles. The molecule has 8 nitrogen and oxygen atoms in total. The Morgan fingerprint density at radius 1 is 1.12 bits per heavy atom. The largest absolute Gasteiger partial charge is 0.462 e. The Balaban J connectivity index is 1.41. The maximum atomic E-state index is 5.99. The summed E-state index contributed by atoms with van der Waals surface area (Å²) in [5.41, 5.74) is 2.13. The van der Waals surface area contributed by atoms with Crippen LogP contribution in [0.2, 0.25) is 0 Å². The van der Waals surface area contributed by atoms with Gasteiger partial charge in [-0.1, -0.05) is 17.7 Å². The molecule has 3 heterocycles. The standard InChI is InChI=1S/C24H34N6O2S/c1-18-6-8-20(9-7-18)25-24(33)27-21-16-22(30-10-4-3-5-11-30)28-23(26-21)32-15-13-29-12-14-31-19(2)17-29/h6-9,16,19H,3-5,10-15,17H2,1-2H3,(H2,25,26,27,28,33). The molecule has 33 heavy (non-hydrogen) atoms. The summed E-state index contributed by atoms with van der Waals surface area (Å²) < 4.78 is 11.6. The molecule has 0 bridgehead atoms. The first kappa shape index (κ1) is 23.7. The minimum absolute atomic E-state index is 0.260. The fraction of sp³-hybridized carbons (Fsp3) is 0.542. The average Bonchev–Trinajstić information content (AvgIpc) is 2.81. The van der Waals surface area contributed by atoms with Crippen LogP contribution in [0.1, 0.15) is 31.7 Å². The van der Waals surface area contributed by atoms with Gasteiger partial charge < -0.3 is 25.0 Å². The van der Waals surface area contributed by atoms with Gasteiger partial charge in [-0.3, -0.25) is 4.90 Å². The van der Waals surface area contributed by atoms with Gasteiger partial charge >= 0.3 is 6.01 Å². The second-order valence-corrected chi connectivity index (χ2v) is 9.13. The SMILES string of the molecule is Cc1ccc(NC(=S)Nc2cc(N3CCCCC3)nc(OCCN3CCOC(C)C3)n2)cc1. The zero-order chi connectivity index (χ0) is 23.0. The first-order valence-electron chi connectivity index (χ1n) is 11.8. The Morgan fingerprint density at radius 2 is 1.91 bits per heavy atom. The molecule has 1 atom stereocenters. The molecule has 4 rings (SSSR count). The summed E-state index contributed by atoms with van der Waals surface area (Å²) in [6, 6.07) is 10.4. The van der Waals surface area contributed by atoms with Crippen molar-refractivity contribution in [2.75, 3.05) is 61.5 Å². The molecule has 2 N–H and O–H groups in total. The molecule has 1 unspecified atom stereocenters. The maximum Gasteiger partial charge on any atom is 0.320 e. The van der Waals surface area contributed by atoms with Gasteiger partial charge in [0.1, 0.15) is 18.2 Å². The van der Waals surface area contributed by atoms with Crippen molar-refractivity contribution in [1.82, 2.24) is 14.9 Å². The van der Waals surface area contributed by atoms with Crippen LogP contribution in [-0.2, 0) is 4.74 Å². The van der Waals surface area contributed by atoms with Gasteiger partial charge in [-0.05, 0) is 57.5 Å². The van der Waals surface area contributed by atoms with E-state index < -0.39 is 0 Å². The van der Waals surface area contributed by atoms with Gasteiger partial charge in [0, 0.05) is 44.5 Å². The number of ether oxygens (including phenoxy) is 2. The number of morpholine rings is 1. The van der Waals surface area contributed by atoms with Gasteiger partial charge in [0.25, 0.3) is 0 Å². The highest BCUT2D eigenvalue weighted by Crippen LogP contribution is 2.23. The van der Waals surface area contributed by atoms with E-state index in [-0.39, 0.29) is 6.10 Å². The molecule has 0 spiro atoms. The van der Waals surface area contributed by atoms with Crippen molar-refractivity contribution in [2.45, 2.75) is 39.2 Å². The smallest absolute Gasteiger partial charge is 0.320 e. The summed E-state index contributed by atoms with van der Waals surface area (Å²) in [6.45, 7) is 10.1. The molecule has 2 aromatic rings. The van der Waals surface area contributed by atoms with Crippen molar-refractivity contribution in [1.29, 1.82) is 0 Å². The first-order chi connectivity index (χ1) is 16.0. The molecular weight excluding hydrogens is 436 g/mol. The lowest BCUT2D eigenvalue weighted by Gasteiger charge is -2.30. The third kappa shape index (κ3) is 7.25. The number of aryl methyl sites for hydroxylation is 1. The van der Waals surface area contributed by atoms with E-state index in [0.29, 0.717) is 23.5 Å². The monoisotopic (exact) mass is 470 g/mol.